The summed E-state index contributed by atoms with van der Waals surface area (Å²) in [7, 11) is -4.37. The standard InChI is InChI=1S/C6H12NO7P/c8-5(9)1-2-7(3-6(10)11)4-15(12,13)14/h1-4H2,(H,8,9)(H,10,11)(H2,12,13,14). The summed E-state index contributed by atoms with van der Waals surface area (Å²) in [4.78, 5) is 38.6. The number of aliphatic carboxylic acids is 2. The second-order valence-electron chi connectivity index (χ2n) is 2.90. The zero-order valence-electron chi connectivity index (χ0n) is 7.74. The van der Waals surface area contributed by atoms with Gasteiger partial charge in [0.15, 0.2) is 0 Å². The first-order chi connectivity index (χ1) is 6.70. The fourth-order valence-electron chi connectivity index (χ4n) is 0.905. The number of carboxylic acids is 2. The number of carbonyl (C=O) groups is 2. The van der Waals surface area contributed by atoms with Crippen molar-refractivity contribution in [2.45, 2.75) is 6.42 Å². The topological polar surface area (TPSA) is 135 Å². The van der Waals surface area contributed by atoms with Crippen LogP contribution in [0.5, 0.6) is 0 Å². The molecule has 0 radical (unpaired) electrons. The molecule has 15 heavy (non-hydrogen) atoms. The smallest absolute Gasteiger partial charge is 0.339 e. The number of rotatable bonds is 7. The Balaban J connectivity index is 4.24. The van der Waals surface area contributed by atoms with Gasteiger partial charge in [-0.15, -0.1) is 0 Å². The van der Waals surface area contributed by atoms with Gasteiger partial charge in [0.25, 0.3) is 0 Å². The lowest BCUT2D eigenvalue weighted by molar-refractivity contribution is -0.140. The lowest BCUT2D eigenvalue weighted by atomic mass is 10.4. The molecule has 88 valence electrons. The van der Waals surface area contributed by atoms with Crippen LogP contribution < -0.4 is 0 Å². The normalized spacial score (nSPS) is 11.7. The number of hydrogen-bond donors (Lipinski definition) is 4. The molecular formula is C6H12NO7P. The first-order valence-corrected chi connectivity index (χ1v) is 5.71. The van der Waals surface area contributed by atoms with Crippen LogP contribution in [0.25, 0.3) is 0 Å². The summed E-state index contributed by atoms with van der Waals surface area (Å²) in [6.07, 6.45) is -1.13. The van der Waals surface area contributed by atoms with E-state index in [0.29, 0.717) is 0 Å². The third-order valence-electron chi connectivity index (χ3n) is 1.38. The van der Waals surface area contributed by atoms with Gasteiger partial charge in [-0.3, -0.25) is 19.1 Å². The summed E-state index contributed by atoms with van der Waals surface area (Å²) < 4.78 is 10.6. The van der Waals surface area contributed by atoms with Gasteiger partial charge >= 0.3 is 19.5 Å². The predicted molar refractivity (Wildman–Crippen MR) is 48.4 cm³/mol. The van der Waals surface area contributed by atoms with Crippen LogP contribution in [0.2, 0.25) is 0 Å². The maximum atomic E-state index is 10.6. The lowest BCUT2D eigenvalue weighted by Crippen LogP contribution is -2.32. The van der Waals surface area contributed by atoms with Gasteiger partial charge in [0.05, 0.1) is 13.0 Å². The summed E-state index contributed by atoms with van der Waals surface area (Å²) in [5.41, 5.74) is 0. The molecule has 8 nitrogen and oxygen atoms in total. The van der Waals surface area contributed by atoms with Crippen LogP contribution in [-0.2, 0) is 14.2 Å². The van der Waals surface area contributed by atoms with Crippen molar-refractivity contribution >= 4 is 19.5 Å². The van der Waals surface area contributed by atoms with E-state index in [1.807, 2.05) is 0 Å². The molecule has 0 rings (SSSR count). The van der Waals surface area contributed by atoms with E-state index in [2.05, 4.69) is 0 Å². The third kappa shape index (κ3) is 9.36. The Morgan fingerprint density at radius 1 is 1.13 bits per heavy atom. The Labute approximate surface area is 85.3 Å². The van der Waals surface area contributed by atoms with E-state index >= 15 is 0 Å². The maximum Gasteiger partial charge on any atom is 0.339 e. The lowest BCUT2D eigenvalue weighted by Gasteiger charge is -2.19. The van der Waals surface area contributed by atoms with Crippen molar-refractivity contribution in [1.82, 2.24) is 4.90 Å². The van der Waals surface area contributed by atoms with Crippen LogP contribution in [0, 0.1) is 0 Å². The number of carboxylic acid groups (broad SMARTS) is 2. The highest BCUT2D eigenvalue weighted by Crippen LogP contribution is 2.34. The number of hydrogen-bond acceptors (Lipinski definition) is 4. The molecule has 0 atom stereocenters. The molecule has 0 amide bonds. The Morgan fingerprint density at radius 3 is 2.00 bits per heavy atom. The maximum absolute atomic E-state index is 10.6. The van der Waals surface area contributed by atoms with Crippen LogP contribution in [0.15, 0.2) is 0 Å². The molecule has 0 spiro atoms. The molecule has 0 saturated carbocycles. The molecule has 9 heteroatoms. The molecule has 0 unspecified atom stereocenters. The molecule has 0 heterocycles. The van der Waals surface area contributed by atoms with E-state index in [9.17, 15) is 14.2 Å². The quantitative estimate of drug-likeness (QED) is 0.416. The first kappa shape index (κ1) is 14.1. The largest absolute Gasteiger partial charge is 0.481 e. The molecule has 4 N–H and O–H groups in total. The molecular weight excluding hydrogens is 229 g/mol. The fourth-order valence-corrected chi connectivity index (χ4v) is 1.67. The van der Waals surface area contributed by atoms with Crippen molar-refractivity contribution in [2.24, 2.45) is 0 Å². The monoisotopic (exact) mass is 241 g/mol. The van der Waals surface area contributed by atoms with Crippen LogP contribution in [0.4, 0.5) is 0 Å². The number of nitrogens with zero attached hydrogens (tertiary/aromatic N) is 1. The van der Waals surface area contributed by atoms with Gasteiger partial charge in [-0.1, -0.05) is 0 Å². The highest BCUT2D eigenvalue weighted by atomic mass is 31.2. The van der Waals surface area contributed by atoms with Gasteiger partial charge in [0.2, 0.25) is 0 Å². The van der Waals surface area contributed by atoms with Gasteiger partial charge < -0.3 is 20.0 Å². The van der Waals surface area contributed by atoms with E-state index < -0.39 is 32.4 Å². The Hall–Kier alpha value is -0.950. The van der Waals surface area contributed by atoms with Crippen molar-refractivity contribution in [1.29, 1.82) is 0 Å². The van der Waals surface area contributed by atoms with Gasteiger partial charge in [-0.05, 0) is 0 Å². The molecule has 0 aliphatic heterocycles. The second-order valence-corrected chi connectivity index (χ2v) is 4.51. The summed E-state index contributed by atoms with van der Waals surface area (Å²) in [6.45, 7) is -0.814. The molecule has 0 aliphatic rings. The molecule has 0 aromatic carbocycles. The zero-order chi connectivity index (χ0) is 12.1. The van der Waals surface area contributed by atoms with Gasteiger partial charge in [-0.2, -0.15) is 0 Å². The Kier molecular flexibility index (Phi) is 5.45. The van der Waals surface area contributed by atoms with E-state index in [4.69, 9.17) is 20.0 Å². The molecule has 0 saturated heterocycles. The first-order valence-electron chi connectivity index (χ1n) is 3.91. The van der Waals surface area contributed by atoms with Gasteiger partial charge in [0.1, 0.15) is 6.29 Å². The molecule has 0 aromatic rings. The van der Waals surface area contributed by atoms with E-state index in [-0.39, 0.29) is 13.0 Å². The molecule has 0 aliphatic carbocycles. The SMILES string of the molecule is O=C(O)CCN(CC(=O)O)CP(=O)(O)O. The minimum Gasteiger partial charge on any atom is -0.481 e. The second kappa shape index (κ2) is 5.82. The van der Waals surface area contributed by atoms with Crippen LogP contribution in [-0.4, -0.2) is 56.2 Å². The highest BCUT2D eigenvalue weighted by Gasteiger charge is 2.21. The summed E-state index contributed by atoms with van der Waals surface area (Å²) in [5.74, 6) is -2.43. The highest BCUT2D eigenvalue weighted by molar-refractivity contribution is 7.51. The van der Waals surface area contributed by atoms with Crippen molar-refractivity contribution < 1.29 is 34.2 Å². The average Bonchev–Trinajstić information content (AvgIpc) is 1.95. The third-order valence-corrected chi connectivity index (χ3v) is 2.15. The summed E-state index contributed by atoms with van der Waals surface area (Å²) >= 11 is 0. The van der Waals surface area contributed by atoms with Crippen molar-refractivity contribution in [2.75, 3.05) is 19.4 Å². The van der Waals surface area contributed by atoms with E-state index in [1.165, 1.54) is 0 Å². The Bertz CT molecular complexity index is 285. The molecule has 0 fully saturated rings. The van der Waals surface area contributed by atoms with Crippen molar-refractivity contribution in [3.63, 3.8) is 0 Å². The predicted octanol–water partition coefficient (Wildman–Crippen LogP) is -1.02. The molecule has 0 bridgehead atoms. The van der Waals surface area contributed by atoms with Gasteiger partial charge in [0, 0.05) is 6.54 Å². The van der Waals surface area contributed by atoms with Crippen molar-refractivity contribution in [3.8, 4) is 0 Å². The van der Waals surface area contributed by atoms with E-state index in [1.54, 1.807) is 0 Å². The van der Waals surface area contributed by atoms with Gasteiger partial charge in [-0.25, -0.2) is 0 Å². The van der Waals surface area contributed by atoms with Crippen molar-refractivity contribution in [3.05, 3.63) is 0 Å². The van der Waals surface area contributed by atoms with Crippen LogP contribution in [0.1, 0.15) is 6.42 Å². The van der Waals surface area contributed by atoms with Crippen LogP contribution >= 0.6 is 7.60 Å². The summed E-state index contributed by atoms with van der Waals surface area (Å²) in [6, 6.07) is 0. The minimum atomic E-state index is -4.37. The zero-order valence-corrected chi connectivity index (χ0v) is 8.63. The Morgan fingerprint density at radius 2 is 1.67 bits per heavy atom. The average molecular weight is 241 g/mol. The fraction of sp³-hybridized carbons (Fsp3) is 0.667. The minimum absolute atomic E-state index is 0.216. The summed E-state index contributed by atoms with van der Waals surface area (Å²) in [5, 5.41) is 16.7. The molecule has 0 aromatic heterocycles. The van der Waals surface area contributed by atoms with Crippen LogP contribution in [0.3, 0.4) is 0 Å². The van der Waals surface area contributed by atoms with E-state index in [0.717, 1.165) is 4.90 Å².